The molecule has 0 spiro atoms. The van der Waals surface area contributed by atoms with E-state index in [0.717, 1.165) is 12.2 Å². The molecule has 2 aromatic rings. The third-order valence-corrected chi connectivity index (χ3v) is 4.04. The molecule has 1 N–H and O–H groups in total. The second-order valence-electron chi connectivity index (χ2n) is 4.52. The first-order valence-corrected chi connectivity index (χ1v) is 7.04. The van der Waals surface area contributed by atoms with Gasteiger partial charge < -0.3 is 9.84 Å². The molecular weight excluding hydrogens is 266 g/mol. The zero-order valence-electron chi connectivity index (χ0n) is 10.4. The lowest BCUT2D eigenvalue weighted by Gasteiger charge is -2.33. The first kappa shape index (κ1) is 12.7. The van der Waals surface area contributed by atoms with Crippen molar-refractivity contribution in [2.24, 2.45) is 0 Å². The summed E-state index contributed by atoms with van der Waals surface area (Å²) < 4.78 is 6.88. The summed E-state index contributed by atoms with van der Waals surface area (Å²) in [6.07, 6.45) is 1.73. The van der Waals surface area contributed by atoms with E-state index >= 15 is 0 Å². The molecule has 1 aliphatic heterocycles. The maximum absolute atomic E-state index is 11.9. The number of aliphatic hydroxyl groups is 1. The Labute approximate surface area is 113 Å². The van der Waals surface area contributed by atoms with Crippen LogP contribution in [0.4, 0.5) is 0 Å². The van der Waals surface area contributed by atoms with Gasteiger partial charge in [0.2, 0.25) is 0 Å². The summed E-state index contributed by atoms with van der Waals surface area (Å²) in [6.45, 7) is 2.54. The van der Waals surface area contributed by atoms with Gasteiger partial charge in [-0.25, -0.2) is 4.98 Å². The number of hydrogen-bond acceptors (Lipinski definition) is 6. The van der Waals surface area contributed by atoms with Gasteiger partial charge in [0.1, 0.15) is 0 Å². The van der Waals surface area contributed by atoms with Crippen molar-refractivity contribution in [2.75, 3.05) is 26.4 Å². The van der Waals surface area contributed by atoms with Crippen LogP contribution in [0.2, 0.25) is 0 Å². The minimum absolute atomic E-state index is 0.0164. The summed E-state index contributed by atoms with van der Waals surface area (Å²) in [5.74, 6) is 0. The molecule has 102 valence electrons. The van der Waals surface area contributed by atoms with Crippen LogP contribution in [0.1, 0.15) is 5.69 Å². The fourth-order valence-electron chi connectivity index (χ4n) is 2.24. The maximum atomic E-state index is 11.9. The van der Waals surface area contributed by atoms with Gasteiger partial charge in [0, 0.05) is 30.7 Å². The van der Waals surface area contributed by atoms with Crippen LogP contribution in [0, 0.1) is 0 Å². The molecule has 1 unspecified atom stereocenters. The molecule has 0 bridgehead atoms. The van der Waals surface area contributed by atoms with Gasteiger partial charge in [-0.1, -0.05) is 0 Å². The van der Waals surface area contributed by atoms with Gasteiger partial charge in [0.15, 0.2) is 4.96 Å². The number of hydrogen-bond donors (Lipinski definition) is 1. The standard InChI is InChI=1S/C12H15N3O3S/c16-7-10-8-18-3-1-14(10)6-9-5-11(17)15-2-4-19-12(15)13-9/h2,4-5,10,16H,1,3,6-8H2. The Morgan fingerprint density at radius 3 is 3.32 bits per heavy atom. The van der Waals surface area contributed by atoms with Crippen molar-refractivity contribution >= 4 is 16.3 Å². The lowest BCUT2D eigenvalue weighted by molar-refractivity contribution is -0.0317. The Hall–Kier alpha value is -1.28. The molecule has 0 aliphatic carbocycles. The third kappa shape index (κ3) is 2.55. The van der Waals surface area contributed by atoms with E-state index < -0.39 is 0 Å². The van der Waals surface area contributed by atoms with E-state index in [9.17, 15) is 9.90 Å². The highest BCUT2D eigenvalue weighted by molar-refractivity contribution is 7.15. The molecule has 0 radical (unpaired) electrons. The predicted molar refractivity (Wildman–Crippen MR) is 71.4 cm³/mol. The van der Waals surface area contributed by atoms with Gasteiger partial charge in [0.25, 0.3) is 5.56 Å². The van der Waals surface area contributed by atoms with E-state index in [1.165, 1.54) is 15.7 Å². The van der Waals surface area contributed by atoms with Gasteiger partial charge in [-0.2, -0.15) is 0 Å². The van der Waals surface area contributed by atoms with Crippen LogP contribution in [-0.4, -0.2) is 51.8 Å². The number of aromatic nitrogens is 2. The van der Waals surface area contributed by atoms with Crippen LogP contribution in [-0.2, 0) is 11.3 Å². The summed E-state index contributed by atoms with van der Waals surface area (Å²) in [5, 5.41) is 11.2. The highest BCUT2D eigenvalue weighted by Crippen LogP contribution is 2.12. The Balaban J connectivity index is 1.85. The SMILES string of the molecule is O=c1cc(CN2CCOCC2CO)nc2sccn12. The molecule has 1 fully saturated rings. The number of rotatable bonds is 3. The van der Waals surface area contributed by atoms with Crippen molar-refractivity contribution in [3.8, 4) is 0 Å². The monoisotopic (exact) mass is 281 g/mol. The molecule has 3 heterocycles. The second-order valence-corrected chi connectivity index (χ2v) is 5.40. The molecule has 0 saturated carbocycles. The Morgan fingerprint density at radius 2 is 2.47 bits per heavy atom. The van der Waals surface area contributed by atoms with Crippen LogP contribution in [0.15, 0.2) is 22.4 Å². The van der Waals surface area contributed by atoms with Crippen LogP contribution >= 0.6 is 11.3 Å². The first-order chi connectivity index (χ1) is 9.28. The summed E-state index contributed by atoms with van der Waals surface area (Å²) in [5.41, 5.74) is 0.683. The van der Waals surface area contributed by atoms with Crippen molar-refractivity contribution < 1.29 is 9.84 Å². The second kappa shape index (κ2) is 5.38. The van der Waals surface area contributed by atoms with Gasteiger partial charge in [-0.15, -0.1) is 11.3 Å². The average Bonchev–Trinajstić information content (AvgIpc) is 2.88. The Morgan fingerprint density at radius 1 is 1.58 bits per heavy atom. The first-order valence-electron chi connectivity index (χ1n) is 6.16. The Bertz CT molecular complexity index is 624. The van der Waals surface area contributed by atoms with E-state index in [0.29, 0.717) is 24.7 Å². The van der Waals surface area contributed by atoms with E-state index in [1.807, 2.05) is 5.38 Å². The molecule has 7 heteroatoms. The highest BCUT2D eigenvalue weighted by atomic mass is 32.1. The third-order valence-electron chi connectivity index (χ3n) is 3.28. The predicted octanol–water partition coefficient (Wildman–Crippen LogP) is -0.0509. The molecule has 3 rings (SSSR count). The summed E-state index contributed by atoms with van der Waals surface area (Å²) >= 11 is 1.44. The number of thiazole rings is 1. The number of nitrogens with zero attached hydrogens (tertiary/aromatic N) is 3. The molecule has 6 nitrogen and oxygen atoms in total. The Kier molecular flexibility index (Phi) is 3.61. The van der Waals surface area contributed by atoms with Crippen molar-refractivity contribution in [1.82, 2.24) is 14.3 Å². The molecule has 1 atom stereocenters. The van der Waals surface area contributed by atoms with E-state index in [1.54, 1.807) is 12.3 Å². The van der Waals surface area contributed by atoms with Crippen molar-refractivity contribution in [1.29, 1.82) is 0 Å². The summed E-state index contributed by atoms with van der Waals surface area (Å²) in [7, 11) is 0. The highest BCUT2D eigenvalue weighted by Gasteiger charge is 2.22. The molecule has 19 heavy (non-hydrogen) atoms. The summed E-state index contributed by atoms with van der Waals surface area (Å²) in [6, 6.07) is 1.54. The minimum atomic E-state index is -0.0601. The van der Waals surface area contributed by atoms with E-state index in [-0.39, 0.29) is 18.2 Å². The topological polar surface area (TPSA) is 67.1 Å². The lowest BCUT2D eigenvalue weighted by atomic mass is 10.2. The van der Waals surface area contributed by atoms with Gasteiger partial charge in [0.05, 0.1) is 31.6 Å². The zero-order chi connectivity index (χ0) is 13.2. The van der Waals surface area contributed by atoms with Gasteiger partial charge >= 0.3 is 0 Å². The fraction of sp³-hybridized carbons (Fsp3) is 0.500. The smallest absolute Gasteiger partial charge is 0.258 e. The largest absolute Gasteiger partial charge is 0.395 e. The molecule has 2 aromatic heterocycles. The van der Waals surface area contributed by atoms with E-state index in [2.05, 4.69) is 9.88 Å². The van der Waals surface area contributed by atoms with Crippen molar-refractivity contribution in [3.63, 3.8) is 0 Å². The number of fused-ring (bicyclic) bond motifs is 1. The number of ether oxygens (including phenoxy) is 1. The maximum Gasteiger partial charge on any atom is 0.258 e. The van der Waals surface area contributed by atoms with Crippen molar-refractivity contribution in [3.05, 3.63) is 33.7 Å². The van der Waals surface area contributed by atoms with Crippen LogP contribution in [0.3, 0.4) is 0 Å². The average molecular weight is 281 g/mol. The zero-order valence-corrected chi connectivity index (χ0v) is 11.2. The van der Waals surface area contributed by atoms with Crippen molar-refractivity contribution in [2.45, 2.75) is 12.6 Å². The molecular formula is C12H15N3O3S. The minimum Gasteiger partial charge on any atom is -0.395 e. The van der Waals surface area contributed by atoms with Crippen LogP contribution in [0.5, 0.6) is 0 Å². The normalized spacial score (nSPS) is 21.0. The fourth-order valence-corrected chi connectivity index (χ4v) is 2.98. The van der Waals surface area contributed by atoms with Gasteiger partial charge in [-0.3, -0.25) is 14.1 Å². The summed E-state index contributed by atoms with van der Waals surface area (Å²) in [4.78, 5) is 19.2. The molecule has 1 aliphatic rings. The molecule has 1 saturated heterocycles. The quantitative estimate of drug-likeness (QED) is 0.854. The number of aliphatic hydroxyl groups excluding tert-OH is 1. The van der Waals surface area contributed by atoms with Crippen LogP contribution < -0.4 is 5.56 Å². The van der Waals surface area contributed by atoms with Crippen LogP contribution in [0.25, 0.3) is 4.96 Å². The van der Waals surface area contributed by atoms with Gasteiger partial charge in [-0.05, 0) is 0 Å². The molecule has 0 aromatic carbocycles. The lowest BCUT2D eigenvalue weighted by Crippen LogP contribution is -2.47. The number of morpholine rings is 1. The van der Waals surface area contributed by atoms with E-state index in [4.69, 9.17) is 4.74 Å². The molecule has 0 amide bonds.